The minimum absolute atomic E-state index is 0.0744. The average Bonchev–Trinajstić information content (AvgIpc) is 3.01. The molecule has 0 spiro atoms. The van der Waals surface area contributed by atoms with Crippen LogP contribution in [0.25, 0.3) is 0 Å². The second kappa shape index (κ2) is 35.4. The zero-order valence-electron chi connectivity index (χ0n) is 29.0. The third-order valence-corrected chi connectivity index (χ3v) is 8.68. The van der Waals surface area contributed by atoms with Crippen molar-refractivity contribution in [3.8, 4) is 0 Å². The summed E-state index contributed by atoms with van der Waals surface area (Å²) < 4.78 is 0. The molecule has 0 radical (unpaired) electrons. The Balaban J connectivity index is 3.59. The van der Waals surface area contributed by atoms with E-state index < -0.39 is 12.1 Å². The molecule has 0 aliphatic heterocycles. The van der Waals surface area contributed by atoms with Crippen LogP contribution < -0.4 is 5.32 Å². The molecule has 0 bridgehead atoms. The van der Waals surface area contributed by atoms with E-state index in [0.717, 1.165) is 38.5 Å². The summed E-state index contributed by atoms with van der Waals surface area (Å²) in [6.07, 6.45) is 44.1. The average molecular weight is 606 g/mol. The molecule has 1 amide bonds. The quantitative estimate of drug-likeness (QED) is 0.0505. The first kappa shape index (κ1) is 41.9. The Labute approximate surface area is 269 Å². The van der Waals surface area contributed by atoms with Crippen molar-refractivity contribution < 1.29 is 15.0 Å². The number of rotatable bonds is 34. The number of allylic oxidation sites excluding steroid dienone is 3. The van der Waals surface area contributed by atoms with E-state index in [2.05, 4.69) is 31.3 Å². The number of carbonyl (C=O) groups excluding carboxylic acids is 1. The Hall–Kier alpha value is -1.13. The van der Waals surface area contributed by atoms with Gasteiger partial charge in [-0.1, -0.05) is 173 Å². The maximum atomic E-state index is 12.3. The molecule has 0 aliphatic rings. The first-order valence-electron chi connectivity index (χ1n) is 19.1. The number of aliphatic hydroxyl groups is 2. The third-order valence-electron chi connectivity index (χ3n) is 8.68. The highest BCUT2D eigenvalue weighted by Gasteiger charge is 2.17. The van der Waals surface area contributed by atoms with Gasteiger partial charge >= 0.3 is 0 Å². The van der Waals surface area contributed by atoms with Crippen molar-refractivity contribution in [2.45, 2.75) is 212 Å². The molecular weight excluding hydrogens is 530 g/mol. The van der Waals surface area contributed by atoms with Crippen LogP contribution in [0.1, 0.15) is 200 Å². The monoisotopic (exact) mass is 606 g/mol. The van der Waals surface area contributed by atoms with Crippen LogP contribution in [0.3, 0.4) is 0 Å². The summed E-state index contributed by atoms with van der Waals surface area (Å²) in [6, 6.07) is -0.622. The van der Waals surface area contributed by atoms with Crippen molar-refractivity contribution in [2.75, 3.05) is 6.61 Å². The highest BCUT2D eigenvalue weighted by molar-refractivity contribution is 5.76. The number of nitrogens with one attached hydrogen (secondary N) is 1. The van der Waals surface area contributed by atoms with E-state index in [1.807, 2.05) is 6.08 Å². The van der Waals surface area contributed by atoms with E-state index in [4.69, 9.17) is 0 Å². The summed E-state index contributed by atoms with van der Waals surface area (Å²) in [5.74, 6) is -0.0744. The summed E-state index contributed by atoms with van der Waals surface area (Å²) in [5.41, 5.74) is 0. The fourth-order valence-corrected chi connectivity index (χ4v) is 5.70. The zero-order valence-corrected chi connectivity index (χ0v) is 29.0. The van der Waals surface area contributed by atoms with Crippen molar-refractivity contribution in [3.63, 3.8) is 0 Å². The van der Waals surface area contributed by atoms with Gasteiger partial charge in [0.25, 0.3) is 0 Å². The maximum absolute atomic E-state index is 12.3. The molecule has 4 nitrogen and oxygen atoms in total. The Morgan fingerprint density at radius 1 is 0.535 bits per heavy atom. The van der Waals surface area contributed by atoms with Gasteiger partial charge in [-0.2, -0.15) is 0 Å². The second-order valence-corrected chi connectivity index (χ2v) is 13.0. The van der Waals surface area contributed by atoms with Crippen molar-refractivity contribution in [1.29, 1.82) is 0 Å². The SMILES string of the molecule is CCCCC/C=C\CCCCCCCC(=O)NC(CO)C(O)/C=C/CCCCCCCCCCCCCCCCCCC. The molecule has 0 saturated heterocycles. The van der Waals surface area contributed by atoms with E-state index in [0.29, 0.717) is 6.42 Å². The zero-order chi connectivity index (χ0) is 31.5. The number of unbranched alkanes of at least 4 members (excludes halogenated alkanes) is 25. The van der Waals surface area contributed by atoms with E-state index in [1.165, 1.54) is 141 Å². The van der Waals surface area contributed by atoms with Gasteiger partial charge in [0.2, 0.25) is 5.91 Å². The molecule has 0 saturated carbocycles. The van der Waals surface area contributed by atoms with Gasteiger partial charge in [-0.25, -0.2) is 0 Å². The Kier molecular flexibility index (Phi) is 34.4. The van der Waals surface area contributed by atoms with Gasteiger partial charge in [-0.05, 0) is 44.9 Å². The predicted octanol–water partition coefficient (Wildman–Crippen LogP) is 11.3. The molecule has 0 fully saturated rings. The van der Waals surface area contributed by atoms with Gasteiger partial charge in [0.05, 0.1) is 18.8 Å². The van der Waals surface area contributed by atoms with Crippen molar-refractivity contribution >= 4 is 5.91 Å². The van der Waals surface area contributed by atoms with Gasteiger partial charge < -0.3 is 15.5 Å². The molecule has 0 aromatic carbocycles. The standard InChI is InChI=1S/C39H75NO3/c1-3-5-7-9-11-13-15-17-18-19-20-21-22-23-24-26-28-30-32-34-38(42)37(36-41)40-39(43)35-33-31-29-27-25-16-14-12-10-8-6-4-2/h12,14,32,34,37-38,41-42H,3-11,13,15-31,33,35-36H2,1-2H3,(H,40,43)/b14-12-,34-32+. The van der Waals surface area contributed by atoms with Gasteiger partial charge in [-0.3, -0.25) is 4.79 Å². The summed E-state index contributed by atoms with van der Waals surface area (Å²) >= 11 is 0. The molecule has 2 atom stereocenters. The molecule has 43 heavy (non-hydrogen) atoms. The predicted molar refractivity (Wildman–Crippen MR) is 189 cm³/mol. The molecule has 0 heterocycles. The van der Waals surface area contributed by atoms with Crippen molar-refractivity contribution in [2.24, 2.45) is 0 Å². The number of aliphatic hydroxyl groups excluding tert-OH is 2. The Morgan fingerprint density at radius 3 is 1.33 bits per heavy atom. The normalized spacial score (nSPS) is 13.3. The molecule has 4 heteroatoms. The van der Waals surface area contributed by atoms with Gasteiger partial charge in [-0.15, -0.1) is 0 Å². The van der Waals surface area contributed by atoms with Gasteiger partial charge in [0, 0.05) is 6.42 Å². The Morgan fingerprint density at radius 2 is 0.884 bits per heavy atom. The van der Waals surface area contributed by atoms with Crippen molar-refractivity contribution in [3.05, 3.63) is 24.3 Å². The third kappa shape index (κ3) is 32.1. The molecule has 254 valence electrons. The second-order valence-electron chi connectivity index (χ2n) is 13.0. The van der Waals surface area contributed by atoms with Crippen LogP contribution in [-0.4, -0.2) is 34.9 Å². The number of amides is 1. The van der Waals surface area contributed by atoms with Gasteiger partial charge in [0.15, 0.2) is 0 Å². The molecule has 0 aromatic rings. The van der Waals surface area contributed by atoms with Crippen LogP contribution in [0.4, 0.5) is 0 Å². The summed E-state index contributed by atoms with van der Waals surface area (Å²) in [5, 5.41) is 22.9. The van der Waals surface area contributed by atoms with Crippen LogP contribution in [0.15, 0.2) is 24.3 Å². The largest absolute Gasteiger partial charge is 0.394 e. The molecule has 0 aromatic heterocycles. The summed E-state index contributed by atoms with van der Waals surface area (Å²) in [4.78, 5) is 12.3. The fraction of sp³-hybridized carbons (Fsp3) is 0.872. The molecule has 2 unspecified atom stereocenters. The minimum Gasteiger partial charge on any atom is -0.394 e. The van der Waals surface area contributed by atoms with Crippen molar-refractivity contribution in [1.82, 2.24) is 5.32 Å². The lowest BCUT2D eigenvalue weighted by Gasteiger charge is -2.20. The summed E-state index contributed by atoms with van der Waals surface area (Å²) in [7, 11) is 0. The van der Waals surface area contributed by atoms with Crippen LogP contribution in [0.2, 0.25) is 0 Å². The number of hydrogen-bond acceptors (Lipinski definition) is 3. The minimum atomic E-state index is -0.838. The fourth-order valence-electron chi connectivity index (χ4n) is 5.70. The smallest absolute Gasteiger partial charge is 0.220 e. The van der Waals surface area contributed by atoms with E-state index in [1.54, 1.807) is 6.08 Å². The van der Waals surface area contributed by atoms with Crippen LogP contribution in [0, 0.1) is 0 Å². The maximum Gasteiger partial charge on any atom is 0.220 e. The molecule has 0 aliphatic carbocycles. The lowest BCUT2D eigenvalue weighted by atomic mass is 10.0. The lowest BCUT2D eigenvalue weighted by Crippen LogP contribution is -2.45. The van der Waals surface area contributed by atoms with E-state index >= 15 is 0 Å². The van der Waals surface area contributed by atoms with Crippen LogP contribution in [-0.2, 0) is 4.79 Å². The first-order chi connectivity index (χ1) is 21.2. The van der Waals surface area contributed by atoms with Gasteiger partial charge in [0.1, 0.15) is 0 Å². The highest BCUT2D eigenvalue weighted by Crippen LogP contribution is 2.15. The lowest BCUT2D eigenvalue weighted by molar-refractivity contribution is -0.123. The Bertz CT molecular complexity index is 618. The molecule has 0 rings (SSSR count). The highest BCUT2D eigenvalue weighted by atomic mass is 16.3. The molecular formula is C39H75NO3. The molecule has 3 N–H and O–H groups in total. The van der Waals surface area contributed by atoms with E-state index in [-0.39, 0.29) is 12.5 Å². The van der Waals surface area contributed by atoms with Crippen LogP contribution >= 0.6 is 0 Å². The topological polar surface area (TPSA) is 69.6 Å². The first-order valence-corrected chi connectivity index (χ1v) is 19.1. The number of hydrogen-bond donors (Lipinski definition) is 3. The van der Waals surface area contributed by atoms with E-state index in [9.17, 15) is 15.0 Å². The number of carbonyl (C=O) groups is 1. The van der Waals surface area contributed by atoms with Crippen LogP contribution in [0.5, 0.6) is 0 Å². The summed E-state index contributed by atoms with van der Waals surface area (Å²) in [6.45, 7) is 4.28.